The molecule has 4 amide bonds. The van der Waals surface area contributed by atoms with Crippen LogP contribution in [0.3, 0.4) is 0 Å². The Morgan fingerprint density at radius 1 is 0.844 bits per heavy atom. The Bertz CT molecular complexity index is 656. The summed E-state index contributed by atoms with van der Waals surface area (Å²) in [6.07, 6.45) is 1.35. The van der Waals surface area contributed by atoms with Crippen LogP contribution in [0.15, 0.2) is 0 Å². The van der Waals surface area contributed by atoms with E-state index >= 15 is 0 Å². The van der Waals surface area contributed by atoms with Crippen molar-refractivity contribution >= 4 is 29.6 Å². The molecular formula is C20H38N6O6. The third kappa shape index (κ3) is 12.2. The second-order valence-corrected chi connectivity index (χ2v) is 8.22. The molecule has 0 aromatic carbocycles. The predicted molar refractivity (Wildman–Crippen MR) is 118 cm³/mol. The number of aliphatic carboxylic acids is 1. The zero-order chi connectivity index (χ0) is 24.8. The maximum Gasteiger partial charge on any atom is 0.326 e. The minimum atomic E-state index is -1.23. The van der Waals surface area contributed by atoms with Crippen LogP contribution in [0.4, 0.5) is 0 Å². The van der Waals surface area contributed by atoms with Gasteiger partial charge in [-0.25, -0.2) is 4.79 Å². The summed E-state index contributed by atoms with van der Waals surface area (Å²) >= 11 is 0. The van der Waals surface area contributed by atoms with Crippen LogP contribution in [-0.4, -0.2) is 65.4 Å². The first-order chi connectivity index (χ1) is 14.9. The van der Waals surface area contributed by atoms with Crippen LogP contribution in [0.5, 0.6) is 0 Å². The molecule has 12 heteroatoms. The zero-order valence-corrected chi connectivity index (χ0v) is 19.1. The second-order valence-electron chi connectivity index (χ2n) is 8.22. The van der Waals surface area contributed by atoms with Crippen molar-refractivity contribution in [2.75, 3.05) is 6.54 Å². The highest BCUT2D eigenvalue weighted by Gasteiger charge is 2.29. The van der Waals surface area contributed by atoms with Crippen molar-refractivity contribution in [3.05, 3.63) is 0 Å². The maximum absolute atomic E-state index is 12.6. The van der Waals surface area contributed by atoms with E-state index in [0.717, 1.165) is 0 Å². The highest BCUT2D eigenvalue weighted by atomic mass is 16.4. The molecule has 0 spiro atoms. The first-order valence-electron chi connectivity index (χ1n) is 10.8. The van der Waals surface area contributed by atoms with E-state index in [1.54, 1.807) is 0 Å². The van der Waals surface area contributed by atoms with Crippen LogP contribution < -0.4 is 33.2 Å². The molecule has 0 aromatic heterocycles. The first kappa shape index (κ1) is 29.3. The number of hydrogen-bond acceptors (Lipinski definition) is 7. The number of carbonyl (C=O) groups excluding carboxylic acids is 4. The Hall–Kier alpha value is -2.73. The van der Waals surface area contributed by atoms with E-state index in [1.807, 2.05) is 13.8 Å². The molecule has 0 fully saturated rings. The fourth-order valence-corrected chi connectivity index (χ4v) is 2.88. The monoisotopic (exact) mass is 458 g/mol. The smallest absolute Gasteiger partial charge is 0.326 e. The quantitative estimate of drug-likeness (QED) is 0.132. The fraction of sp³-hybridized carbons (Fsp3) is 0.750. The molecule has 0 aliphatic carbocycles. The molecule has 0 aliphatic heterocycles. The van der Waals surface area contributed by atoms with Crippen LogP contribution >= 0.6 is 0 Å². The lowest BCUT2D eigenvalue weighted by Gasteiger charge is -2.24. The van der Waals surface area contributed by atoms with Gasteiger partial charge in [-0.15, -0.1) is 0 Å². The minimum Gasteiger partial charge on any atom is -0.480 e. The molecular weight excluding hydrogens is 420 g/mol. The van der Waals surface area contributed by atoms with Crippen LogP contribution in [0, 0.1) is 5.92 Å². The van der Waals surface area contributed by atoms with Crippen molar-refractivity contribution in [3.63, 3.8) is 0 Å². The van der Waals surface area contributed by atoms with Crippen LogP contribution in [0.25, 0.3) is 0 Å². The van der Waals surface area contributed by atoms with Gasteiger partial charge in [-0.3, -0.25) is 19.2 Å². The molecule has 12 nitrogen and oxygen atoms in total. The van der Waals surface area contributed by atoms with E-state index in [2.05, 4.69) is 16.0 Å². The molecule has 10 N–H and O–H groups in total. The van der Waals surface area contributed by atoms with E-state index in [1.165, 1.54) is 6.92 Å². The number of primary amides is 1. The number of carboxylic acids is 1. The first-order valence-corrected chi connectivity index (χ1v) is 10.8. The number of carbonyl (C=O) groups is 5. The minimum absolute atomic E-state index is 0.129. The summed E-state index contributed by atoms with van der Waals surface area (Å²) in [5.41, 5.74) is 16.4. The number of nitrogens with two attached hydrogens (primary N) is 3. The highest BCUT2D eigenvalue weighted by Crippen LogP contribution is 2.05. The second kappa shape index (κ2) is 15.1. The van der Waals surface area contributed by atoms with E-state index < -0.39 is 53.8 Å². The summed E-state index contributed by atoms with van der Waals surface area (Å²) in [5, 5.41) is 16.6. The number of rotatable bonds is 16. The summed E-state index contributed by atoms with van der Waals surface area (Å²) in [6.45, 7) is 5.63. The van der Waals surface area contributed by atoms with Gasteiger partial charge in [0.25, 0.3) is 0 Å². The summed E-state index contributed by atoms with van der Waals surface area (Å²) in [4.78, 5) is 59.9. The van der Waals surface area contributed by atoms with Gasteiger partial charge in [-0.2, -0.15) is 0 Å². The topological polar surface area (TPSA) is 220 Å². The fourth-order valence-electron chi connectivity index (χ4n) is 2.88. The van der Waals surface area contributed by atoms with E-state index in [-0.39, 0.29) is 25.2 Å². The molecule has 0 heterocycles. The van der Waals surface area contributed by atoms with E-state index in [4.69, 9.17) is 17.2 Å². The Balaban J connectivity index is 5.13. The third-order valence-corrected chi connectivity index (χ3v) is 4.69. The average molecular weight is 459 g/mol. The molecule has 0 radical (unpaired) electrons. The lowest BCUT2D eigenvalue weighted by Crippen LogP contribution is -2.56. The Kier molecular flexibility index (Phi) is 13.8. The molecule has 0 bridgehead atoms. The molecule has 4 atom stereocenters. The van der Waals surface area contributed by atoms with Crippen molar-refractivity contribution in [1.29, 1.82) is 0 Å². The lowest BCUT2D eigenvalue weighted by molar-refractivity contribution is -0.142. The van der Waals surface area contributed by atoms with Gasteiger partial charge >= 0.3 is 5.97 Å². The van der Waals surface area contributed by atoms with Crippen molar-refractivity contribution in [2.24, 2.45) is 23.1 Å². The number of hydrogen-bond donors (Lipinski definition) is 7. The SMILES string of the molecule is CC(C)C[C@H](N)C(=O)N[C@@H](C)C(=O)N[C@@H](CCC(N)=O)C(=O)N[C@@H](CCCCN)C(=O)O. The van der Waals surface area contributed by atoms with Crippen molar-refractivity contribution in [3.8, 4) is 0 Å². The Labute approximate surface area is 188 Å². The molecule has 184 valence electrons. The zero-order valence-electron chi connectivity index (χ0n) is 19.1. The van der Waals surface area contributed by atoms with Crippen LogP contribution in [0.2, 0.25) is 0 Å². The predicted octanol–water partition coefficient (Wildman–Crippen LogP) is -1.69. The molecule has 0 aliphatic rings. The summed E-state index contributed by atoms with van der Waals surface area (Å²) < 4.78 is 0. The molecule has 0 rings (SSSR count). The third-order valence-electron chi connectivity index (χ3n) is 4.69. The molecule has 32 heavy (non-hydrogen) atoms. The van der Waals surface area contributed by atoms with Gasteiger partial charge in [0.1, 0.15) is 18.1 Å². The number of carboxylic acid groups (broad SMARTS) is 1. The number of nitrogens with one attached hydrogen (secondary N) is 3. The van der Waals surface area contributed by atoms with Gasteiger partial charge in [-0.05, 0) is 51.5 Å². The van der Waals surface area contributed by atoms with Gasteiger partial charge in [0.15, 0.2) is 0 Å². The van der Waals surface area contributed by atoms with Gasteiger partial charge in [0, 0.05) is 6.42 Å². The van der Waals surface area contributed by atoms with Crippen molar-refractivity contribution in [2.45, 2.75) is 83.5 Å². The van der Waals surface area contributed by atoms with E-state index in [9.17, 15) is 29.1 Å². The Morgan fingerprint density at radius 3 is 1.94 bits per heavy atom. The average Bonchev–Trinajstić information content (AvgIpc) is 2.69. The van der Waals surface area contributed by atoms with Gasteiger partial charge in [-0.1, -0.05) is 13.8 Å². The Morgan fingerprint density at radius 2 is 1.44 bits per heavy atom. The van der Waals surface area contributed by atoms with Crippen molar-refractivity contribution in [1.82, 2.24) is 16.0 Å². The van der Waals surface area contributed by atoms with Gasteiger partial charge in [0.05, 0.1) is 6.04 Å². The van der Waals surface area contributed by atoms with Crippen LogP contribution in [0.1, 0.15) is 59.3 Å². The summed E-state index contributed by atoms with van der Waals surface area (Å²) in [5.74, 6) is -3.69. The number of amides is 4. The molecule has 0 unspecified atom stereocenters. The van der Waals surface area contributed by atoms with Crippen LogP contribution in [-0.2, 0) is 24.0 Å². The highest BCUT2D eigenvalue weighted by molar-refractivity contribution is 5.94. The van der Waals surface area contributed by atoms with Gasteiger partial charge in [0.2, 0.25) is 23.6 Å². The standard InChI is InChI=1S/C20H38N6O6/c1-11(2)10-13(22)18(29)24-12(3)17(28)25-14(7-8-16(23)27)19(30)26-15(20(31)32)6-4-5-9-21/h11-15H,4-10,21-22H2,1-3H3,(H2,23,27)(H,24,29)(H,25,28)(H,26,30)(H,31,32)/t12-,13-,14-,15-/m0/s1. The summed E-state index contributed by atoms with van der Waals surface area (Å²) in [6, 6.07) is -4.18. The molecule has 0 saturated carbocycles. The molecule has 0 aromatic rings. The van der Waals surface area contributed by atoms with Gasteiger partial charge < -0.3 is 38.3 Å². The normalized spacial score (nSPS) is 14.7. The maximum atomic E-state index is 12.6. The van der Waals surface area contributed by atoms with E-state index in [0.29, 0.717) is 25.8 Å². The van der Waals surface area contributed by atoms with Crippen molar-refractivity contribution < 1.29 is 29.1 Å². The summed E-state index contributed by atoms with van der Waals surface area (Å²) in [7, 11) is 0. The molecule has 0 saturated heterocycles. The largest absolute Gasteiger partial charge is 0.480 e. The number of unbranched alkanes of at least 4 members (excludes halogenated alkanes) is 1. The lowest BCUT2D eigenvalue weighted by atomic mass is 10.0.